The summed E-state index contributed by atoms with van der Waals surface area (Å²) >= 11 is 7.67. The molecule has 1 amide bonds. The van der Waals surface area contributed by atoms with Crippen molar-refractivity contribution in [3.05, 3.63) is 21.3 Å². The lowest BCUT2D eigenvalue weighted by Gasteiger charge is -2.38. The van der Waals surface area contributed by atoms with Gasteiger partial charge in [0.25, 0.3) is 0 Å². The number of thiophene rings is 1. The van der Waals surface area contributed by atoms with Gasteiger partial charge in [0, 0.05) is 50.2 Å². The van der Waals surface area contributed by atoms with Gasteiger partial charge in [-0.2, -0.15) is 0 Å². The van der Waals surface area contributed by atoms with Gasteiger partial charge in [0.1, 0.15) is 0 Å². The second-order valence-corrected chi connectivity index (χ2v) is 8.70. The largest absolute Gasteiger partial charge is 0.339 e. The molecule has 6 heteroatoms. The highest BCUT2D eigenvalue weighted by Gasteiger charge is 2.27. The van der Waals surface area contributed by atoms with Crippen LogP contribution in [0.3, 0.4) is 0 Å². The number of hydrogen-bond acceptors (Lipinski definition) is 4. The van der Waals surface area contributed by atoms with Crippen LogP contribution in [0.25, 0.3) is 0 Å². The van der Waals surface area contributed by atoms with Crippen molar-refractivity contribution < 1.29 is 4.79 Å². The minimum Gasteiger partial charge on any atom is -0.339 e. The van der Waals surface area contributed by atoms with Crippen LogP contribution in [-0.4, -0.2) is 65.9 Å². The van der Waals surface area contributed by atoms with Crippen molar-refractivity contribution in [1.29, 1.82) is 0 Å². The Balaban J connectivity index is 1.44. The zero-order chi connectivity index (χ0) is 16.9. The molecule has 1 atom stereocenters. The van der Waals surface area contributed by atoms with Gasteiger partial charge in [0.2, 0.25) is 5.91 Å². The van der Waals surface area contributed by atoms with E-state index in [2.05, 4.69) is 27.7 Å². The van der Waals surface area contributed by atoms with Crippen molar-refractivity contribution in [1.82, 2.24) is 14.7 Å². The minimum absolute atomic E-state index is 0.333. The van der Waals surface area contributed by atoms with Gasteiger partial charge in [-0.05, 0) is 37.8 Å². The molecule has 24 heavy (non-hydrogen) atoms. The van der Waals surface area contributed by atoms with Crippen molar-refractivity contribution in [2.24, 2.45) is 0 Å². The van der Waals surface area contributed by atoms with Crippen LogP contribution in [0.2, 0.25) is 4.34 Å². The van der Waals surface area contributed by atoms with Crippen LogP contribution in [-0.2, 0) is 11.3 Å². The summed E-state index contributed by atoms with van der Waals surface area (Å²) in [6, 6.07) is 4.56. The standard InChI is InChI=1S/C18H28ClN3OS/c1-2-15-5-3-4-8-22(15)18(23)14-21-11-9-20(10-12-21)13-16-6-7-17(19)24-16/h6-7,15H,2-5,8-14H2,1H3. The maximum atomic E-state index is 12.7. The number of nitrogens with zero attached hydrogens (tertiary/aromatic N) is 3. The Hall–Kier alpha value is -0.620. The smallest absolute Gasteiger partial charge is 0.236 e. The molecule has 2 fully saturated rings. The van der Waals surface area contributed by atoms with Crippen LogP contribution in [0.15, 0.2) is 12.1 Å². The van der Waals surface area contributed by atoms with E-state index in [1.54, 1.807) is 11.3 Å². The number of hydrogen-bond donors (Lipinski definition) is 0. The van der Waals surface area contributed by atoms with Gasteiger partial charge in [-0.3, -0.25) is 14.6 Å². The van der Waals surface area contributed by atoms with Crippen LogP contribution in [0.4, 0.5) is 0 Å². The average Bonchev–Trinajstić information content (AvgIpc) is 3.01. The van der Waals surface area contributed by atoms with Crippen LogP contribution in [0, 0.1) is 0 Å². The van der Waals surface area contributed by atoms with E-state index in [-0.39, 0.29) is 0 Å². The van der Waals surface area contributed by atoms with E-state index >= 15 is 0 Å². The van der Waals surface area contributed by atoms with Crippen LogP contribution < -0.4 is 0 Å². The number of piperazine rings is 1. The summed E-state index contributed by atoms with van der Waals surface area (Å²) in [6.07, 6.45) is 4.70. The lowest BCUT2D eigenvalue weighted by atomic mass is 10.00. The summed E-state index contributed by atoms with van der Waals surface area (Å²) in [4.78, 5) is 20.9. The number of amides is 1. The number of carbonyl (C=O) groups is 1. The van der Waals surface area contributed by atoms with Gasteiger partial charge in [-0.25, -0.2) is 0 Å². The average molecular weight is 370 g/mol. The minimum atomic E-state index is 0.333. The maximum absolute atomic E-state index is 12.7. The third-order valence-electron chi connectivity index (χ3n) is 5.25. The van der Waals surface area contributed by atoms with E-state index in [0.29, 0.717) is 18.5 Å². The van der Waals surface area contributed by atoms with E-state index in [0.717, 1.165) is 50.0 Å². The molecule has 3 heterocycles. The Morgan fingerprint density at radius 2 is 1.92 bits per heavy atom. The number of carbonyl (C=O) groups excluding carboxylic acids is 1. The zero-order valence-electron chi connectivity index (χ0n) is 14.5. The van der Waals surface area contributed by atoms with Crippen molar-refractivity contribution in [3.63, 3.8) is 0 Å². The first-order valence-corrected chi connectivity index (χ1v) is 10.3. The molecule has 1 unspecified atom stereocenters. The fraction of sp³-hybridized carbons (Fsp3) is 0.722. The maximum Gasteiger partial charge on any atom is 0.236 e. The topological polar surface area (TPSA) is 26.8 Å². The lowest BCUT2D eigenvalue weighted by Crippen LogP contribution is -2.52. The molecule has 0 saturated carbocycles. The summed E-state index contributed by atoms with van der Waals surface area (Å²) in [5.41, 5.74) is 0. The first-order valence-electron chi connectivity index (χ1n) is 9.14. The van der Waals surface area contributed by atoms with Gasteiger partial charge in [-0.1, -0.05) is 18.5 Å². The Labute approximate surface area is 154 Å². The number of halogens is 1. The molecular weight excluding hydrogens is 342 g/mol. The van der Waals surface area contributed by atoms with E-state index in [1.807, 2.05) is 6.07 Å². The molecule has 0 aromatic carbocycles. The number of rotatable bonds is 5. The molecule has 0 N–H and O–H groups in total. The highest BCUT2D eigenvalue weighted by Crippen LogP contribution is 2.23. The molecule has 2 aliphatic rings. The zero-order valence-corrected chi connectivity index (χ0v) is 16.1. The van der Waals surface area contributed by atoms with Crippen molar-refractivity contribution in [2.45, 2.75) is 45.2 Å². The monoisotopic (exact) mass is 369 g/mol. The molecule has 4 nitrogen and oxygen atoms in total. The first kappa shape index (κ1) is 18.2. The van der Waals surface area contributed by atoms with E-state index in [9.17, 15) is 4.79 Å². The third kappa shape index (κ3) is 4.72. The van der Waals surface area contributed by atoms with Crippen LogP contribution in [0.1, 0.15) is 37.5 Å². The number of piperidine rings is 1. The second-order valence-electron chi connectivity index (χ2n) is 6.90. The fourth-order valence-electron chi connectivity index (χ4n) is 3.80. The highest BCUT2D eigenvalue weighted by molar-refractivity contribution is 7.16. The summed E-state index contributed by atoms with van der Waals surface area (Å²) in [6.45, 7) is 8.74. The Bertz CT molecular complexity index is 542. The van der Waals surface area contributed by atoms with Crippen molar-refractivity contribution in [2.75, 3.05) is 39.3 Å². The summed E-state index contributed by atoms with van der Waals surface area (Å²) in [7, 11) is 0. The van der Waals surface area contributed by atoms with Crippen LogP contribution in [0.5, 0.6) is 0 Å². The predicted molar refractivity (Wildman–Crippen MR) is 101 cm³/mol. The van der Waals surface area contributed by atoms with Gasteiger partial charge >= 0.3 is 0 Å². The molecule has 0 spiro atoms. The predicted octanol–water partition coefficient (Wildman–Crippen LogP) is 3.31. The van der Waals surface area contributed by atoms with Crippen LogP contribution >= 0.6 is 22.9 Å². The lowest BCUT2D eigenvalue weighted by molar-refractivity contribution is -0.136. The Morgan fingerprint density at radius 1 is 1.17 bits per heavy atom. The summed E-state index contributed by atoms with van der Waals surface area (Å²) in [5.74, 6) is 0.333. The second kappa shape index (κ2) is 8.65. The molecule has 1 aromatic heterocycles. The number of likely N-dealkylation sites (tertiary alicyclic amines) is 1. The van der Waals surface area contributed by atoms with Gasteiger partial charge in [-0.15, -0.1) is 11.3 Å². The molecule has 0 aliphatic carbocycles. The molecule has 2 aliphatic heterocycles. The fourth-order valence-corrected chi connectivity index (χ4v) is 4.93. The Kier molecular flexibility index (Phi) is 6.56. The molecule has 2 saturated heterocycles. The molecule has 3 rings (SSSR count). The quantitative estimate of drug-likeness (QED) is 0.796. The molecule has 134 valence electrons. The van der Waals surface area contributed by atoms with Gasteiger partial charge in [0.05, 0.1) is 10.9 Å². The van der Waals surface area contributed by atoms with Crippen molar-refractivity contribution >= 4 is 28.8 Å². The highest BCUT2D eigenvalue weighted by atomic mass is 35.5. The third-order valence-corrected chi connectivity index (χ3v) is 6.47. The normalized spacial score (nSPS) is 23.6. The van der Waals surface area contributed by atoms with Gasteiger partial charge < -0.3 is 4.90 Å². The SMILES string of the molecule is CCC1CCCCN1C(=O)CN1CCN(Cc2ccc(Cl)s2)CC1. The van der Waals surface area contributed by atoms with E-state index in [4.69, 9.17) is 11.6 Å². The van der Waals surface area contributed by atoms with E-state index < -0.39 is 0 Å². The molecular formula is C18H28ClN3OS. The Morgan fingerprint density at radius 3 is 2.58 bits per heavy atom. The van der Waals surface area contributed by atoms with Crippen molar-refractivity contribution in [3.8, 4) is 0 Å². The van der Waals surface area contributed by atoms with E-state index in [1.165, 1.54) is 24.1 Å². The molecule has 0 bridgehead atoms. The van der Waals surface area contributed by atoms with Gasteiger partial charge in [0.15, 0.2) is 0 Å². The molecule has 1 aromatic rings. The first-order chi connectivity index (χ1) is 11.7. The summed E-state index contributed by atoms with van der Waals surface area (Å²) < 4.78 is 0.862. The molecule has 0 radical (unpaired) electrons. The summed E-state index contributed by atoms with van der Waals surface area (Å²) in [5, 5.41) is 0.